The largest absolute Gasteiger partial charge is 0.573 e. The van der Waals surface area contributed by atoms with Crippen LogP contribution in [-0.2, 0) is 0 Å². The molecule has 0 saturated heterocycles. The number of phenols is 1. The van der Waals surface area contributed by atoms with E-state index in [4.69, 9.17) is 16.3 Å². The highest BCUT2D eigenvalue weighted by Gasteiger charge is 2.31. The van der Waals surface area contributed by atoms with Crippen molar-refractivity contribution in [3.05, 3.63) is 52.5 Å². The Balaban J connectivity index is 1.76. The number of carbonyl (C=O) groups is 1. The molecule has 0 heterocycles. The van der Waals surface area contributed by atoms with E-state index in [-0.39, 0.29) is 22.9 Å². The molecule has 0 bridgehead atoms. The first-order valence-corrected chi connectivity index (χ1v) is 8.29. The second-order valence-electron chi connectivity index (χ2n) is 5.60. The molecule has 2 aromatic rings. The first-order chi connectivity index (χ1) is 12.7. The van der Waals surface area contributed by atoms with Crippen LogP contribution in [0.15, 0.2) is 36.4 Å². The lowest BCUT2D eigenvalue weighted by Gasteiger charge is -2.12. The minimum Gasteiger partial charge on any atom is -0.508 e. The van der Waals surface area contributed by atoms with Gasteiger partial charge in [0.1, 0.15) is 17.2 Å². The SMILES string of the molecule is Cc1cc(O)cc(Cl)c1OCCCNC(=O)c1ccc(OC(F)(F)F)cc1. The monoisotopic (exact) mass is 403 g/mol. The minimum absolute atomic E-state index is 0.0452. The van der Waals surface area contributed by atoms with Gasteiger partial charge in [-0.15, -0.1) is 13.2 Å². The second-order valence-corrected chi connectivity index (χ2v) is 6.01. The van der Waals surface area contributed by atoms with Gasteiger partial charge in [-0.1, -0.05) is 11.6 Å². The van der Waals surface area contributed by atoms with Crippen LogP contribution < -0.4 is 14.8 Å². The summed E-state index contributed by atoms with van der Waals surface area (Å²) in [5.74, 6) is -0.314. The van der Waals surface area contributed by atoms with E-state index in [1.165, 1.54) is 24.3 Å². The number of alkyl halides is 3. The zero-order valence-electron chi connectivity index (χ0n) is 14.3. The van der Waals surface area contributed by atoms with E-state index in [1.54, 1.807) is 6.92 Å². The summed E-state index contributed by atoms with van der Waals surface area (Å²) in [4.78, 5) is 12.0. The first kappa shape index (κ1) is 20.7. The fourth-order valence-electron chi connectivity index (χ4n) is 2.25. The van der Waals surface area contributed by atoms with Gasteiger partial charge in [0.15, 0.2) is 0 Å². The summed E-state index contributed by atoms with van der Waals surface area (Å²) in [5.41, 5.74) is 0.896. The molecular formula is C18H17ClF3NO4. The Kier molecular flexibility index (Phi) is 6.79. The number of aryl methyl sites for hydroxylation is 1. The summed E-state index contributed by atoms with van der Waals surface area (Å²) in [6.45, 7) is 2.33. The average molecular weight is 404 g/mol. The number of nitrogens with one attached hydrogen (secondary N) is 1. The summed E-state index contributed by atoms with van der Waals surface area (Å²) in [7, 11) is 0. The van der Waals surface area contributed by atoms with Crippen LogP contribution in [0.25, 0.3) is 0 Å². The summed E-state index contributed by atoms with van der Waals surface area (Å²) < 4.78 is 45.6. The van der Waals surface area contributed by atoms with Gasteiger partial charge in [0.05, 0.1) is 11.6 Å². The van der Waals surface area contributed by atoms with Crippen LogP contribution in [0, 0.1) is 6.92 Å². The zero-order chi connectivity index (χ0) is 20.0. The second kappa shape index (κ2) is 8.85. The predicted molar refractivity (Wildman–Crippen MR) is 93.4 cm³/mol. The highest BCUT2D eigenvalue weighted by atomic mass is 35.5. The third-order valence-corrected chi connectivity index (χ3v) is 3.70. The maximum atomic E-state index is 12.1. The lowest BCUT2D eigenvalue weighted by atomic mass is 10.2. The van der Waals surface area contributed by atoms with Crippen molar-refractivity contribution in [2.75, 3.05) is 13.2 Å². The van der Waals surface area contributed by atoms with Gasteiger partial charge in [0.25, 0.3) is 5.91 Å². The molecule has 2 aromatic carbocycles. The number of benzene rings is 2. The lowest BCUT2D eigenvalue weighted by Crippen LogP contribution is -2.25. The molecule has 0 aliphatic carbocycles. The van der Waals surface area contributed by atoms with Crippen LogP contribution in [0.2, 0.25) is 5.02 Å². The Labute approximate surface area is 158 Å². The molecule has 2 rings (SSSR count). The van der Waals surface area contributed by atoms with E-state index >= 15 is 0 Å². The standard InChI is InChI=1S/C18H17ClF3NO4/c1-11-9-13(24)10-15(19)16(11)26-8-2-7-23-17(25)12-3-5-14(6-4-12)27-18(20,21)22/h3-6,9-10,24H,2,7-8H2,1H3,(H,23,25). The third kappa shape index (κ3) is 6.56. The van der Waals surface area contributed by atoms with Crippen molar-refractivity contribution in [3.63, 3.8) is 0 Å². The Morgan fingerprint density at radius 1 is 1.22 bits per heavy atom. The number of hydrogen-bond acceptors (Lipinski definition) is 4. The molecule has 146 valence electrons. The number of carbonyl (C=O) groups excluding carboxylic acids is 1. The molecule has 0 aliphatic rings. The van der Waals surface area contributed by atoms with Gasteiger partial charge in [-0.3, -0.25) is 4.79 Å². The van der Waals surface area contributed by atoms with Crippen molar-refractivity contribution < 1.29 is 32.5 Å². The van der Waals surface area contributed by atoms with E-state index in [2.05, 4.69) is 10.1 Å². The van der Waals surface area contributed by atoms with E-state index in [0.29, 0.717) is 24.3 Å². The first-order valence-electron chi connectivity index (χ1n) is 7.91. The van der Waals surface area contributed by atoms with Crippen LogP contribution in [0.3, 0.4) is 0 Å². The fraction of sp³-hybridized carbons (Fsp3) is 0.278. The molecule has 0 aromatic heterocycles. The van der Waals surface area contributed by atoms with Crippen LogP contribution in [-0.4, -0.2) is 30.5 Å². The topological polar surface area (TPSA) is 67.8 Å². The molecule has 0 aliphatic heterocycles. The van der Waals surface area contributed by atoms with Crippen molar-refractivity contribution in [2.24, 2.45) is 0 Å². The molecule has 0 saturated carbocycles. The highest BCUT2D eigenvalue weighted by molar-refractivity contribution is 6.32. The average Bonchev–Trinajstić information content (AvgIpc) is 2.55. The van der Waals surface area contributed by atoms with Gasteiger partial charge in [-0.2, -0.15) is 0 Å². The summed E-state index contributed by atoms with van der Waals surface area (Å²) >= 11 is 6.00. The van der Waals surface area contributed by atoms with Gasteiger partial charge in [0.2, 0.25) is 0 Å². The number of ether oxygens (including phenoxy) is 2. The van der Waals surface area contributed by atoms with Crippen molar-refractivity contribution in [2.45, 2.75) is 19.7 Å². The predicted octanol–water partition coefficient (Wildman–Crippen LogP) is 4.45. The Morgan fingerprint density at radius 3 is 2.48 bits per heavy atom. The Hall–Kier alpha value is -2.61. The van der Waals surface area contributed by atoms with E-state index in [0.717, 1.165) is 12.1 Å². The number of amides is 1. The Morgan fingerprint density at radius 2 is 1.89 bits per heavy atom. The van der Waals surface area contributed by atoms with Gasteiger partial charge < -0.3 is 19.9 Å². The van der Waals surface area contributed by atoms with Crippen molar-refractivity contribution in [1.29, 1.82) is 0 Å². The summed E-state index contributed by atoms with van der Waals surface area (Å²) in [5, 5.41) is 12.3. The number of hydrogen-bond donors (Lipinski definition) is 2. The van der Waals surface area contributed by atoms with E-state index in [1.807, 2.05) is 0 Å². The number of rotatable bonds is 7. The molecular weight excluding hydrogens is 387 g/mol. The molecule has 1 amide bonds. The molecule has 0 fully saturated rings. The number of phenolic OH excluding ortho intramolecular Hbond substituents is 1. The third-order valence-electron chi connectivity index (χ3n) is 3.42. The molecule has 27 heavy (non-hydrogen) atoms. The van der Waals surface area contributed by atoms with Gasteiger partial charge in [0, 0.05) is 18.2 Å². The number of halogens is 4. The molecule has 9 heteroatoms. The van der Waals surface area contributed by atoms with Crippen LogP contribution in [0.5, 0.6) is 17.2 Å². The molecule has 0 unspecified atom stereocenters. The summed E-state index contributed by atoms with van der Waals surface area (Å²) in [6.07, 6.45) is -4.29. The smallest absolute Gasteiger partial charge is 0.508 e. The van der Waals surface area contributed by atoms with Crippen molar-refractivity contribution in [3.8, 4) is 17.2 Å². The Bertz CT molecular complexity index is 771. The van der Waals surface area contributed by atoms with E-state index < -0.39 is 18.0 Å². The quantitative estimate of drug-likeness (QED) is 0.670. The lowest BCUT2D eigenvalue weighted by molar-refractivity contribution is -0.274. The highest BCUT2D eigenvalue weighted by Crippen LogP contribution is 2.32. The molecule has 0 spiro atoms. The number of aromatic hydroxyl groups is 1. The minimum atomic E-state index is -4.78. The maximum Gasteiger partial charge on any atom is 0.573 e. The normalized spacial score (nSPS) is 11.1. The van der Waals surface area contributed by atoms with E-state index in [9.17, 15) is 23.1 Å². The zero-order valence-corrected chi connectivity index (χ0v) is 15.0. The molecule has 0 atom stereocenters. The van der Waals surface area contributed by atoms with Crippen molar-refractivity contribution in [1.82, 2.24) is 5.32 Å². The van der Waals surface area contributed by atoms with Crippen LogP contribution in [0.1, 0.15) is 22.3 Å². The van der Waals surface area contributed by atoms with Gasteiger partial charge in [-0.05, 0) is 49.2 Å². The van der Waals surface area contributed by atoms with Crippen molar-refractivity contribution >= 4 is 17.5 Å². The maximum absolute atomic E-state index is 12.1. The van der Waals surface area contributed by atoms with Gasteiger partial charge in [-0.25, -0.2) is 0 Å². The molecule has 0 radical (unpaired) electrons. The summed E-state index contributed by atoms with van der Waals surface area (Å²) in [6, 6.07) is 7.52. The molecule has 5 nitrogen and oxygen atoms in total. The van der Waals surface area contributed by atoms with Crippen LogP contribution in [0.4, 0.5) is 13.2 Å². The molecule has 2 N–H and O–H groups in total. The van der Waals surface area contributed by atoms with Crippen LogP contribution >= 0.6 is 11.6 Å². The van der Waals surface area contributed by atoms with Gasteiger partial charge >= 0.3 is 6.36 Å². The fourth-order valence-corrected chi connectivity index (χ4v) is 2.57.